The lowest BCUT2D eigenvalue weighted by molar-refractivity contribution is 0.0949. The predicted molar refractivity (Wildman–Crippen MR) is 119 cm³/mol. The molecular formula is C22H17Cl2N5O. The molecule has 6 nitrogen and oxygen atoms in total. The Morgan fingerprint density at radius 3 is 2.73 bits per heavy atom. The fourth-order valence-corrected chi connectivity index (χ4v) is 3.25. The Labute approximate surface area is 183 Å². The smallest absolute Gasteiger partial charge is 0.268 e. The van der Waals surface area contributed by atoms with Gasteiger partial charge in [-0.15, -0.1) is 0 Å². The van der Waals surface area contributed by atoms with E-state index in [1.54, 1.807) is 16.9 Å². The quantitative estimate of drug-likeness (QED) is 0.275. The summed E-state index contributed by atoms with van der Waals surface area (Å²) in [6, 6.07) is 16.9. The number of fused-ring (bicyclic) bond motifs is 1. The SMILES string of the molecule is Cc1ccc2cc(C=NNC(=O)c3ccn(Cc4ccc(Cl)cc4)n3)c(Cl)nc2c1. The van der Waals surface area contributed by atoms with Crippen LogP contribution < -0.4 is 5.43 Å². The molecule has 0 bridgehead atoms. The number of nitrogens with zero attached hydrogens (tertiary/aromatic N) is 4. The molecule has 2 aromatic heterocycles. The zero-order valence-electron chi connectivity index (χ0n) is 16.0. The third kappa shape index (κ3) is 4.67. The van der Waals surface area contributed by atoms with Crippen LogP contribution in [-0.4, -0.2) is 26.9 Å². The maximum absolute atomic E-state index is 12.3. The number of amides is 1. The normalized spacial score (nSPS) is 11.3. The van der Waals surface area contributed by atoms with E-state index in [1.807, 2.05) is 55.5 Å². The summed E-state index contributed by atoms with van der Waals surface area (Å²) in [5.74, 6) is -0.415. The van der Waals surface area contributed by atoms with Gasteiger partial charge in [0.15, 0.2) is 5.69 Å². The summed E-state index contributed by atoms with van der Waals surface area (Å²) in [5, 5.41) is 10.2. The van der Waals surface area contributed by atoms with E-state index in [4.69, 9.17) is 23.2 Å². The van der Waals surface area contributed by atoms with E-state index in [0.29, 0.717) is 22.3 Å². The minimum absolute atomic E-state index is 0.263. The Kier molecular flexibility index (Phi) is 5.79. The van der Waals surface area contributed by atoms with Gasteiger partial charge in [0, 0.05) is 22.2 Å². The van der Waals surface area contributed by atoms with Gasteiger partial charge in [-0.05, 0) is 48.4 Å². The molecule has 0 aliphatic heterocycles. The van der Waals surface area contributed by atoms with Crippen molar-refractivity contribution < 1.29 is 4.79 Å². The lowest BCUT2D eigenvalue weighted by atomic mass is 10.1. The topological polar surface area (TPSA) is 72.2 Å². The molecule has 4 aromatic rings. The molecule has 0 saturated heterocycles. The van der Waals surface area contributed by atoms with E-state index < -0.39 is 5.91 Å². The molecule has 0 aliphatic rings. The van der Waals surface area contributed by atoms with Gasteiger partial charge < -0.3 is 0 Å². The van der Waals surface area contributed by atoms with Gasteiger partial charge in [0.2, 0.25) is 0 Å². The highest BCUT2D eigenvalue weighted by molar-refractivity contribution is 6.32. The van der Waals surface area contributed by atoms with Crippen LogP contribution in [0.25, 0.3) is 10.9 Å². The first-order chi connectivity index (χ1) is 14.5. The zero-order valence-corrected chi connectivity index (χ0v) is 17.5. The number of aromatic nitrogens is 3. The van der Waals surface area contributed by atoms with Crippen molar-refractivity contribution in [3.8, 4) is 0 Å². The number of nitrogens with one attached hydrogen (secondary N) is 1. The number of hydrazone groups is 1. The number of rotatable bonds is 5. The van der Waals surface area contributed by atoms with Crippen molar-refractivity contribution in [2.75, 3.05) is 0 Å². The van der Waals surface area contributed by atoms with E-state index in [-0.39, 0.29) is 5.69 Å². The molecule has 0 aliphatic carbocycles. The molecule has 8 heteroatoms. The predicted octanol–water partition coefficient (Wildman–Crippen LogP) is 4.86. The summed E-state index contributed by atoms with van der Waals surface area (Å²) in [7, 11) is 0. The molecule has 1 amide bonds. The molecule has 0 atom stereocenters. The van der Waals surface area contributed by atoms with Gasteiger partial charge in [-0.2, -0.15) is 10.2 Å². The Hall–Kier alpha value is -3.22. The summed E-state index contributed by atoms with van der Waals surface area (Å²) >= 11 is 12.1. The number of hydrogen-bond acceptors (Lipinski definition) is 4. The fourth-order valence-electron chi connectivity index (χ4n) is 2.93. The van der Waals surface area contributed by atoms with Crippen LogP contribution in [0, 0.1) is 6.92 Å². The van der Waals surface area contributed by atoms with Gasteiger partial charge in [-0.1, -0.05) is 47.5 Å². The molecule has 2 aromatic carbocycles. The van der Waals surface area contributed by atoms with E-state index >= 15 is 0 Å². The van der Waals surface area contributed by atoms with Crippen LogP contribution in [0.5, 0.6) is 0 Å². The van der Waals surface area contributed by atoms with Crippen LogP contribution in [0.15, 0.2) is 65.9 Å². The van der Waals surface area contributed by atoms with Crippen molar-refractivity contribution in [3.05, 3.63) is 93.4 Å². The van der Waals surface area contributed by atoms with Crippen LogP contribution in [0.3, 0.4) is 0 Å². The lowest BCUT2D eigenvalue weighted by Crippen LogP contribution is -2.18. The van der Waals surface area contributed by atoms with Crippen molar-refractivity contribution >= 4 is 46.2 Å². The summed E-state index contributed by atoms with van der Waals surface area (Å²) in [6.45, 7) is 2.53. The number of benzene rings is 2. The average molecular weight is 438 g/mol. The van der Waals surface area contributed by atoms with Gasteiger partial charge in [0.1, 0.15) is 5.15 Å². The largest absolute Gasteiger partial charge is 0.291 e. The highest BCUT2D eigenvalue weighted by Crippen LogP contribution is 2.20. The number of hydrogen-bond donors (Lipinski definition) is 1. The van der Waals surface area contributed by atoms with Gasteiger partial charge in [0.05, 0.1) is 18.3 Å². The van der Waals surface area contributed by atoms with Crippen molar-refractivity contribution in [1.82, 2.24) is 20.2 Å². The third-order valence-electron chi connectivity index (χ3n) is 4.45. The van der Waals surface area contributed by atoms with Gasteiger partial charge in [-0.25, -0.2) is 10.4 Å². The van der Waals surface area contributed by atoms with Crippen LogP contribution in [0.1, 0.15) is 27.2 Å². The number of carbonyl (C=O) groups is 1. The molecule has 2 heterocycles. The summed E-state index contributed by atoms with van der Waals surface area (Å²) in [6.07, 6.45) is 3.20. The molecule has 0 unspecified atom stereocenters. The monoisotopic (exact) mass is 437 g/mol. The second-order valence-electron chi connectivity index (χ2n) is 6.79. The Morgan fingerprint density at radius 1 is 1.13 bits per heavy atom. The van der Waals surface area contributed by atoms with Crippen molar-refractivity contribution in [3.63, 3.8) is 0 Å². The Balaban J connectivity index is 1.42. The van der Waals surface area contributed by atoms with Crippen LogP contribution >= 0.6 is 23.2 Å². The highest BCUT2D eigenvalue weighted by atomic mass is 35.5. The maximum atomic E-state index is 12.3. The standard InChI is InChI=1S/C22H17Cl2N5O/c1-14-2-5-16-11-17(21(24)26-20(16)10-14)12-25-27-22(30)19-8-9-29(28-19)13-15-3-6-18(23)7-4-15/h2-12H,13H2,1H3,(H,27,30). The molecule has 0 spiro atoms. The van der Waals surface area contributed by atoms with Gasteiger partial charge >= 0.3 is 0 Å². The minimum Gasteiger partial charge on any atom is -0.268 e. The van der Waals surface area contributed by atoms with Crippen LogP contribution in [-0.2, 0) is 6.54 Å². The summed E-state index contributed by atoms with van der Waals surface area (Å²) < 4.78 is 1.67. The minimum atomic E-state index is -0.415. The second-order valence-corrected chi connectivity index (χ2v) is 7.58. The van der Waals surface area contributed by atoms with Crippen molar-refractivity contribution in [1.29, 1.82) is 0 Å². The van der Waals surface area contributed by atoms with Crippen molar-refractivity contribution in [2.45, 2.75) is 13.5 Å². The molecule has 4 rings (SSSR count). The number of pyridine rings is 1. The van der Waals surface area contributed by atoms with E-state index in [0.717, 1.165) is 22.0 Å². The Bertz CT molecular complexity index is 1250. The first-order valence-corrected chi connectivity index (χ1v) is 9.92. The summed E-state index contributed by atoms with van der Waals surface area (Å²) in [5.41, 5.74) is 6.29. The number of carbonyl (C=O) groups excluding carboxylic acids is 1. The zero-order chi connectivity index (χ0) is 21.1. The number of halogens is 2. The first-order valence-electron chi connectivity index (χ1n) is 9.16. The van der Waals surface area contributed by atoms with Crippen LogP contribution in [0.4, 0.5) is 0 Å². The molecule has 150 valence electrons. The molecule has 0 fully saturated rings. The molecule has 0 radical (unpaired) electrons. The van der Waals surface area contributed by atoms with Crippen molar-refractivity contribution in [2.24, 2.45) is 5.10 Å². The highest BCUT2D eigenvalue weighted by Gasteiger charge is 2.09. The first kappa shape index (κ1) is 20.1. The maximum Gasteiger partial charge on any atom is 0.291 e. The average Bonchev–Trinajstić information content (AvgIpc) is 3.19. The second kappa shape index (κ2) is 8.65. The van der Waals surface area contributed by atoms with Crippen LogP contribution in [0.2, 0.25) is 10.2 Å². The fraction of sp³-hybridized carbons (Fsp3) is 0.0909. The molecular weight excluding hydrogens is 421 g/mol. The van der Waals surface area contributed by atoms with E-state index in [9.17, 15) is 4.79 Å². The Morgan fingerprint density at radius 2 is 1.93 bits per heavy atom. The molecule has 30 heavy (non-hydrogen) atoms. The van der Waals surface area contributed by atoms with E-state index in [2.05, 4.69) is 20.6 Å². The molecule has 0 saturated carbocycles. The van der Waals surface area contributed by atoms with Gasteiger partial charge in [-0.3, -0.25) is 9.48 Å². The lowest BCUT2D eigenvalue weighted by Gasteiger charge is -2.03. The third-order valence-corrected chi connectivity index (χ3v) is 5.01. The summed E-state index contributed by atoms with van der Waals surface area (Å²) in [4.78, 5) is 16.7. The molecule has 1 N–H and O–H groups in total. The number of aryl methyl sites for hydroxylation is 1. The van der Waals surface area contributed by atoms with Gasteiger partial charge in [0.25, 0.3) is 5.91 Å². The van der Waals surface area contributed by atoms with E-state index in [1.165, 1.54) is 6.21 Å².